The van der Waals surface area contributed by atoms with Crippen LogP contribution < -0.4 is 0 Å². The molecule has 2 aromatic rings. The van der Waals surface area contributed by atoms with E-state index >= 15 is 0 Å². The first-order valence-corrected chi connectivity index (χ1v) is 11.8. The summed E-state index contributed by atoms with van der Waals surface area (Å²) in [5.41, 5.74) is 0.680. The molecule has 0 saturated carbocycles. The topological polar surface area (TPSA) is 115 Å². The fourth-order valence-electron chi connectivity index (χ4n) is 3.33. The Hall–Kier alpha value is -2.30. The van der Waals surface area contributed by atoms with Crippen molar-refractivity contribution in [2.45, 2.75) is 23.5 Å². The summed E-state index contributed by atoms with van der Waals surface area (Å²) in [6, 6.07) is 12.4. The van der Waals surface area contributed by atoms with E-state index in [1.807, 2.05) is 0 Å². The first-order valence-electron chi connectivity index (χ1n) is 8.64. The van der Waals surface area contributed by atoms with Gasteiger partial charge < -0.3 is 0 Å². The summed E-state index contributed by atoms with van der Waals surface area (Å²) in [6.45, 7) is 1.39. The van der Waals surface area contributed by atoms with Crippen LogP contribution in [0, 0.1) is 17.0 Å². The average Bonchev–Trinajstić information content (AvgIpc) is 2.80. The molecule has 0 aromatic heterocycles. The Morgan fingerprint density at radius 3 is 2.43 bits per heavy atom. The average molecular weight is 425 g/mol. The number of sulfonamides is 1. The second-order valence-corrected chi connectivity index (χ2v) is 10.9. The van der Waals surface area contributed by atoms with Gasteiger partial charge in [-0.15, -0.1) is 0 Å². The number of benzene rings is 2. The van der Waals surface area contributed by atoms with Crippen molar-refractivity contribution >= 4 is 25.5 Å². The van der Waals surface area contributed by atoms with E-state index < -0.39 is 30.0 Å². The number of rotatable bonds is 4. The van der Waals surface area contributed by atoms with Crippen molar-refractivity contribution < 1.29 is 21.8 Å². The zero-order chi connectivity index (χ0) is 20.5. The molecule has 3 rings (SSSR count). The molecule has 2 aromatic carbocycles. The monoisotopic (exact) mass is 424 g/mol. The number of aryl methyl sites for hydroxylation is 1. The maximum Gasteiger partial charge on any atom is 0.270 e. The van der Waals surface area contributed by atoms with Gasteiger partial charge in [0, 0.05) is 25.2 Å². The number of nitro groups is 1. The number of nitro benzene ring substituents is 1. The number of hydrogen-bond acceptors (Lipinski definition) is 6. The molecule has 0 N–H and O–H groups in total. The number of sulfone groups is 1. The van der Waals surface area contributed by atoms with Crippen molar-refractivity contribution in [1.29, 1.82) is 0 Å². The zero-order valence-electron chi connectivity index (χ0n) is 15.2. The molecule has 0 spiro atoms. The minimum atomic E-state index is -4.06. The first kappa shape index (κ1) is 20.4. The van der Waals surface area contributed by atoms with E-state index in [-0.39, 0.29) is 35.8 Å². The number of hydrogen-bond donors (Lipinski definition) is 0. The third-order valence-corrected chi connectivity index (χ3v) is 9.04. The van der Waals surface area contributed by atoms with Gasteiger partial charge in [-0.05, 0) is 24.5 Å². The van der Waals surface area contributed by atoms with Crippen LogP contribution in [0.4, 0.5) is 5.69 Å². The summed E-state index contributed by atoms with van der Waals surface area (Å²) in [4.78, 5) is 10.2. The standard InChI is InChI=1S/C18H20N2O6S2/c1-14-7-8-16(20(21)22)13-18(14)28(25,26)19-10-9-17(27(23,24)12-11-19)15-5-3-2-4-6-15/h2-8,13,17H,9-12H2,1H3. The lowest BCUT2D eigenvalue weighted by Gasteiger charge is -2.20. The molecule has 0 amide bonds. The summed E-state index contributed by atoms with van der Waals surface area (Å²) in [7, 11) is -7.60. The van der Waals surface area contributed by atoms with Gasteiger partial charge in [-0.2, -0.15) is 4.31 Å². The van der Waals surface area contributed by atoms with Crippen LogP contribution in [0.2, 0.25) is 0 Å². The highest BCUT2D eigenvalue weighted by atomic mass is 32.2. The van der Waals surface area contributed by atoms with Gasteiger partial charge >= 0.3 is 0 Å². The third-order valence-electron chi connectivity index (χ3n) is 4.87. The minimum absolute atomic E-state index is 0.0171. The molecule has 150 valence electrons. The molecule has 1 aliphatic rings. The van der Waals surface area contributed by atoms with E-state index in [0.29, 0.717) is 11.1 Å². The molecule has 0 aliphatic carbocycles. The molecule has 10 heteroatoms. The lowest BCUT2D eigenvalue weighted by Crippen LogP contribution is -2.34. The Labute approximate surface area is 163 Å². The Kier molecular flexibility index (Phi) is 5.55. The smallest absolute Gasteiger partial charge is 0.258 e. The Balaban J connectivity index is 1.95. The fraction of sp³-hybridized carbons (Fsp3) is 0.333. The summed E-state index contributed by atoms with van der Waals surface area (Å²) in [5, 5.41) is 10.2. The Bertz CT molecular complexity index is 1100. The molecule has 1 aliphatic heterocycles. The van der Waals surface area contributed by atoms with Crippen LogP contribution in [0.1, 0.15) is 22.8 Å². The quantitative estimate of drug-likeness (QED) is 0.550. The summed E-state index contributed by atoms with van der Waals surface area (Å²) in [6.07, 6.45) is 0.125. The van der Waals surface area contributed by atoms with Crippen molar-refractivity contribution in [3.8, 4) is 0 Å². The first-order chi connectivity index (χ1) is 13.1. The minimum Gasteiger partial charge on any atom is -0.258 e. The van der Waals surface area contributed by atoms with Gasteiger partial charge in [-0.25, -0.2) is 16.8 Å². The van der Waals surface area contributed by atoms with Crippen molar-refractivity contribution in [2.24, 2.45) is 0 Å². The van der Waals surface area contributed by atoms with Crippen molar-refractivity contribution in [3.05, 3.63) is 69.8 Å². The predicted octanol–water partition coefficient (Wildman–Crippen LogP) is 2.45. The third kappa shape index (κ3) is 3.94. The summed E-state index contributed by atoms with van der Waals surface area (Å²) in [5.74, 6) is -0.306. The van der Waals surface area contributed by atoms with E-state index in [4.69, 9.17) is 0 Å². The van der Waals surface area contributed by atoms with Crippen LogP contribution in [0.5, 0.6) is 0 Å². The van der Waals surface area contributed by atoms with E-state index in [1.165, 1.54) is 12.1 Å². The van der Waals surface area contributed by atoms with E-state index in [1.54, 1.807) is 37.3 Å². The molecule has 1 saturated heterocycles. The van der Waals surface area contributed by atoms with Crippen molar-refractivity contribution in [1.82, 2.24) is 4.31 Å². The highest BCUT2D eigenvalue weighted by molar-refractivity contribution is 7.92. The molecule has 0 bridgehead atoms. The maximum atomic E-state index is 13.1. The zero-order valence-corrected chi connectivity index (χ0v) is 16.8. The lowest BCUT2D eigenvalue weighted by atomic mass is 10.1. The van der Waals surface area contributed by atoms with Gasteiger partial charge in [0.05, 0.1) is 20.8 Å². The van der Waals surface area contributed by atoms with E-state index in [9.17, 15) is 26.9 Å². The molecule has 0 radical (unpaired) electrons. The molecule has 1 fully saturated rings. The SMILES string of the molecule is Cc1ccc([N+](=O)[O-])cc1S(=O)(=O)N1CCC(c2ccccc2)S(=O)(=O)CC1. The van der Waals surface area contributed by atoms with Crippen LogP contribution >= 0.6 is 0 Å². The summed E-state index contributed by atoms with van der Waals surface area (Å²) < 4.78 is 52.7. The van der Waals surface area contributed by atoms with Gasteiger partial charge in [-0.3, -0.25) is 10.1 Å². The molecular weight excluding hydrogens is 404 g/mol. The normalized spacial score (nSPS) is 20.4. The van der Waals surface area contributed by atoms with E-state index in [2.05, 4.69) is 0 Å². The highest BCUT2D eigenvalue weighted by Crippen LogP contribution is 2.32. The Morgan fingerprint density at radius 1 is 1.11 bits per heavy atom. The predicted molar refractivity (Wildman–Crippen MR) is 104 cm³/mol. The van der Waals surface area contributed by atoms with Crippen molar-refractivity contribution in [3.63, 3.8) is 0 Å². The molecule has 28 heavy (non-hydrogen) atoms. The molecule has 1 heterocycles. The van der Waals surface area contributed by atoms with Crippen LogP contribution in [-0.2, 0) is 19.9 Å². The van der Waals surface area contributed by atoms with Gasteiger partial charge in [0.1, 0.15) is 0 Å². The molecule has 1 unspecified atom stereocenters. The lowest BCUT2D eigenvalue weighted by molar-refractivity contribution is -0.385. The molecule has 1 atom stereocenters. The highest BCUT2D eigenvalue weighted by Gasteiger charge is 2.36. The number of non-ortho nitro benzene ring substituents is 1. The second-order valence-electron chi connectivity index (χ2n) is 6.67. The van der Waals surface area contributed by atoms with Crippen LogP contribution in [-0.4, -0.2) is 44.9 Å². The van der Waals surface area contributed by atoms with Crippen molar-refractivity contribution in [2.75, 3.05) is 18.8 Å². The van der Waals surface area contributed by atoms with Gasteiger partial charge in [0.15, 0.2) is 9.84 Å². The molecular formula is C18H20N2O6S2. The van der Waals surface area contributed by atoms with Gasteiger partial charge in [0.25, 0.3) is 5.69 Å². The van der Waals surface area contributed by atoms with Crippen LogP contribution in [0.3, 0.4) is 0 Å². The summed E-state index contributed by atoms with van der Waals surface area (Å²) >= 11 is 0. The van der Waals surface area contributed by atoms with Crippen LogP contribution in [0.25, 0.3) is 0 Å². The van der Waals surface area contributed by atoms with Crippen LogP contribution in [0.15, 0.2) is 53.4 Å². The molecule has 8 nitrogen and oxygen atoms in total. The van der Waals surface area contributed by atoms with E-state index in [0.717, 1.165) is 10.4 Å². The van der Waals surface area contributed by atoms with Gasteiger partial charge in [0.2, 0.25) is 10.0 Å². The maximum absolute atomic E-state index is 13.1. The second kappa shape index (κ2) is 7.61. The number of nitrogens with zero attached hydrogens (tertiary/aromatic N) is 2. The van der Waals surface area contributed by atoms with Gasteiger partial charge in [-0.1, -0.05) is 36.4 Å². The largest absolute Gasteiger partial charge is 0.270 e. The fourth-order valence-corrected chi connectivity index (χ4v) is 6.94. The Morgan fingerprint density at radius 2 is 1.79 bits per heavy atom.